The summed E-state index contributed by atoms with van der Waals surface area (Å²) in [7, 11) is 0. The molecule has 0 radical (unpaired) electrons. The molecule has 1 nitrogen and oxygen atoms in total. The molecule has 0 amide bonds. The number of aromatic nitrogens is 1. The van der Waals surface area contributed by atoms with Crippen molar-refractivity contribution in [3.63, 3.8) is 0 Å². The molecule has 1 aromatic rings. The Morgan fingerprint density at radius 1 is 1.00 bits per heavy atom. The second-order valence-electron chi connectivity index (χ2n) is 1.82. The highest BCUT2D eigenvalue weighted by Gasteiger charge is 1.85. The molecule has 1 aromatic heterocycles. The number of aryl methyl sites for hydroxylation is 2. The molecule has 9 heavy (non-hydrogen) atoms. The second kappa shape index (κ2) is 4.19. The molecule has 0 unspecified atom stereocenters. The minimum Gasteiger partial charge on any atom is -0.367 e. The number of H-pyrrole nitrogens is 1. The molecule has 0 aromatic carbocycles. The van der Waals surface area contributed by atoms with Crippen molar-refractivity contribution in [1.29, 1.82) is 0 Å². The Hall–Kier alpha value is -0.720. The van der Waals surface area contributed by atoms with E-state index in [1.54, 1.807) is 0 Å². The number of aromatic amines is 1. The summed E-state index contributed by atoms with van der Waals surface area (Å²) in [6.45, 7) is 8.18. The van der Waals surface area contributed by atoms with Gasteiger partial charge in [-0.3, -0.25) is 0 Å². The maximum Gasteiger partial charge on any atom is 0.00372 e. The monoisotopic (exact) mass is 125 g/mol. The lowest BCUT2D eigenvalue weighted by Crippen LogP contribution is -1.63. The van der Waals surface area contributed by atoms with Gasteiger partial charge < -0.3 is 4.98 Å². The van der Waals surface area contributed by atoms with E-state index in [-0.39, 0.29) is 0 Å². The predicted molar refractivity (Wildman–Crippen MR) is 41.6 cm³/mol. The summed E-state index contributed by atoms with van der Waals surface area (Å²) in [5, 5.41) is 0. The predicted octanol–water partition coefficient (Wildman–Crippen LogP) is 2.66. The van der Waals surface area contributed by atoms with Gasteiger partial charge in [0.1, 0.15) is 0 Å². The summed E-state index contributed by atoms with van der Waals surface area (Å²) in [6.07, 6.45) is 3.99. The van der Waals surface area contributed by atoms with Gasteiger partial charge in [-0.25, -0.2) is 0 Å². The topological polar surface area (TPSA) is 15.8 Å². The number of rotatable bonds is 0. The SMILES string of the molecule is CC.Cc1c[nH]cc1C. The zero-order chi connectivity index (χ0) is 7.28. The molecular formula is C8H15N. The molecule has 1 N–H and O–H groups in total. The van der Waals surface area contributed by atoms with Crippen LogP contribution in [0, 0.1) is 13.8 Å². The number of hydrogen-bond donors (Lipinski definition) is 1. The van der Waals surface area contributed by atoms with E-state index in [0.717, 1.165) is 0 Å². The van der Waals surface area contributed by atoms with Gasteiger partial charge >= 0.3 is 0 Å². The highest BCUT2D eigenvalue weighted by Crippen LogP contribution is 2.00. The van der Waals surface area contributed by atoms with Crippen molar-refractivity contribution >= 4 is 0 Å². The van der Waals surface area contributed by atoms with Gasteiger partial charge in [-0.05, 0) is 25.0 Å². The van der Waals surface area contributed by atoms with Gasteiger partial charge in [0, 0.05) is 12.4 Å². The molecule has 0 saturated heterocycles. The number of nitrogens with one attached hydrogen (secondary N) is 1. The van der Waals surface area contributed by atoms with Crippen LogP contribution in [0.25, 0.3) is 0 Å². The van der Waals surface area contributed by atoms with Crippen LogP contribution in [0.15, 0.2) is 12.4 Å². The summed E-state index contributed by atoms with van der Waals surface area (Å²) in [4.78, 5) is 3.00. The molecule has 0 spiro atoms. The smallest absolute Gasteiger partial charge is 0.00372 e. The van der Waals surface area contributed by atoms with Crippen LogP contribution in [0.3, 0.4) is 0 Å². The minimum absolute atomic E-state index is 1.33. The van der Waals surface area contributed by atoms with Crippen molar-refractivity contribution in [2.24, 2.45) is 0 Å². The van der Waals surface area contributed by atoms with Crippen molar-refractivity contribution in [2.45, 2.75) is 27.7 Å². The van der Waals surface area contributed by atoms with Gasteiger partial charge in [0.05, 0.1) is 0 Å². The van der Waals surface area contributed by atoms with Crippen LogP contribution in [-0.4, -0.2) is 4.98 Å². The number of hydrogen-bond acceptors (Lipinski definition) is 0. The lowest BCUT2D eigenvalue weighted by Gasteiger charge is -1.79. The van der Waals surface area contributed by atoms with Crippen LogP contribution in [0.2, 0.25) is 0 Å². The van der Waals surface area contributed by atoms with E-state index in [4.69, 9.17) is 0 Å². The van der Waals surface area contributed by atoms with Gasteiger partial charge in [0.25, 0.3) is 0 Å². The first kappa shape index (κ1) is 8.28. The molecule has 0 aliphatic heterocycles. The van der Waals surface area contributed by atoms with E-state index in [0.29, 0.717) is 0 Å². The summed E-state index contributed by atoms with van der Waals surface area (Å²) in [5.74, 6) is 0. The zero-order valence-corrected chi connectivity index (χ0v) is 6.65. The average molecular weight is 125 g/mol. The Kier molecular flexibility index (Phi) is 3.85. The average Bonchev–Trinajstić information content (AvgIpc) is 2.23. The minimum atomic E-state index is 1.33. The van der Waals surface area contributed by atoms with Crippen molar-refractivity contribution < 1.29 is 0 Å². The summed E-state index contributed by atoms with van der Waals surface area (Å²) in [5.41, 5.74) is 2.67. The van der Waals surface area contributed by atoms with Crippen LogP contribution in [0.1, 0.15) is 25.0 Å². The second-order valence-corrected chi connectivity index (χ2v) is 1.82. The molecule has 0 aliphatic carbocycles. The third-order valence-corrected chi connectivity index (χ3v) is 1.22. The molecule has 52 valence electrons. The first-order valence-corrected chi connectivity index (χ1v) is 3.40. The van der Waals surface area contributed by atoms with E-state index in [2.05, 4.69) is 18.8 Å². The molecule has 0 saturated carbocycles. The molecule has 0 bridgehead atoms. The summed E-state index contributed by atoms with van der Waals surface area (Å²) < 4.78 is 0. The van der Waals surface area contributed by atoms with Crippen LogP contribution >= 0.6 is 0 Å². The molecule has 1 heterocycles. The first-order chi connectivity index (χ1) is 4.30. The highest BCUT2D eigenvalue weighted by molar-refractivity contribution is 5.18. The van der Waals surface area contributed by atoms with Crippen LogP contribution in [0.5, 0.6) is 0 Å². The van der Waals surface area contributed by atoms with Crippen molar-refractivity contribution in [2.75, 3.05) is 0 Å². The van der Waals surface area contributed by atoms with E-state index >= 15 is 0 Å². The normalized spacial score (nSPS) is 8.00. The lowest BCUT2D eigenvalue weighted by molar-refractivity contribution is 1.39. The van der Waals surface area contributed by atoms with Crippen LogP contribution < -0.4 is 0 Å². The van der Waals surface area contributed by atoms with Gasteiger partial charge in [0.2, 0.25) is 0 Å². The fraction of sp³-hybridized carbons (Fsp3) is 0.500. The first-order valence-electron chi connectivity index (χ1n) is 3.40. The van der Waals surface area contributed by atoms with E-state index in [1.807, 2.05) is 26.2 Å². The van der Waals surface area contributed by atoms with Gasteiger partial charge in [-0.1, -0.05) is 13.8 Å². The fourth-order valence-corrected chi connectivity index (χ4v) is 0.519. The zero-order valence-electron chi connectivity index (χ0n) is 6.65. The Morgan fingerprint density at radius 3 is 1.44 bits per heavy atom. The Bertz CT molecular complexity index is 137. The quantitative estimate of drug-likeness (QED) is 0.548. The Labute approximate surface area is 57.1 Å². The van der Waals surface area contributed by atoms with Crippen molar-refractivity contribution in [3.05, 3.63) is 23.5 Å². The van der Waals surface area contributed by atoms with E-state index in [9.17, 15) is 0 Å². The standard InChI is InChI=1S/C6H9N.C2H6/c1-5-3-7-4-6(5)2;1-2/h3-4,7H,1-2H3;1-2H3. The maximum atomic E-state index is 3.00. The third kappa shape index (κ3) is 2.36. The molecule has 1 rings (SSSR count). The van der Waals surface area contributed by atoms with Gasteiger partial charge in [-0.15, -0.1) is 0 Å². The van der Waals surface area contributed by atoms with Gasteiger partial charge in [-0.2, -0.15) is 0 Å². The lowest BCUT2D eigenvalue weighted by atomic mass is 10.2. The van der Waals surface area contributed by atoms with E-state index in [1.165, 1.54) is 11.1 Å². The third-order valence-electron chi connectivity index (χ3n) is 1.22. The molecule has 0 fully saturated rings. The Balaban J connectivity index is 0.000000291. The summed E-state index contributed by atoms with van der Waals surface area (Å²) >= 11 is 0. The maximum absolute atomic E-state index is 3.00. The van der Waals surface area contributed by atoms with E-state index < -0.39 is 0 Å². The molecule has 0 atom stereocenters. The molecular weight excluding hydrogens is 110 g/mol. The molecule has 1 heteroatoms. The van der Waals surface area contributed by atoms with Gasteiger partial charge in [0.15, 0.2) is 0 Å². The highest BCUT2D eigenvalue weighted by atomic mass is 14.6. The fourth-order valence-electron chi connectivity index (χ4n) is 0.519. The Morgan fingerprint density at radius 2 is 1.33 bits per heavy atom. The van der Waals surface area contributed by atoms with Crippen LogP contribution in [0.4, 0.5) is 0 Å². The largest absolute Gasteiger partial charge is 0.367 e. The molecule has 0 aliphatic rings. The van der Waals surface area contributed by atoms with Crippen molar-refractivity contribution in [1.82, 2.24) is 4.98 Å². The van der Waals surface area contributed by atoms with Crippen LogP contribution in [-0.2, 0) is 0 Å². The summed E-state index contributed by atoms with van der Waals surface area (Å²) in [6, 6.07) is 0. The van der Waals surface area contributed by atoms with Crippen molar-refractivity contribution in [3.8, 4) is 0 Å².